The highest BCUT2D eigenvalue weighted by molar-refractivity contribution is 5.69. The number of pyridine rings is 2. The van der Waals surface area contributed by atoms with E-state index in [-0.39, 0.29) is 11.7 Å². The monoisotopic (exact) mass is 464 g/mol. The summed E-state index contributed by atoms with van der Waals surface area (Å²) in [5, 5.41) is 0. The fraction of sp³-hybridized carbons (Fsp3) is 0.393. The minimum absolute atomic E-state index is 0.154. The van der Waals surface area contributed by atoms with Gasteiger partial charge in [-0.1, -0.05) is 25.1 Å². The number of hydrogen-bond donors (Lipinski definition) is 0. The first kappa shape index (κ1) is 25.6. The summed E-state index contributed by atoms with van der Waals surface area (Å²) in [5.74, 6) is 0.719. The molecule has 0 fully saturated rings. The lowest BCUT2D eigenvalue weighted by Crippen LogP contribution is -2.36. The second-order valence-corrected chi connectivity index (χ2v) is 9.17. The number of ether oxygens (including phenoxy) is 2. The van der Waals surface area contributed by atoms with E-state index in [2.05, 4.69) is 55.6 Å². The standard InChI is InChI=1S/C28H35FN3O2/c1-18(2)22-10-11-30-28(13-22)34-17-21-8-9-24(25-14-27(33-7)31-15-26(25)29)23(12-21)16-32(19(3)4)20(5)6/h8-15,18-20H,1,16-17H2,2-7H3/t18-/m1/s1. The molecule has 0 amide bonds. The van der Waals surface area contributed by atoms with Crippen LogP contribution in [0.5, 0.6) is 11.8 Å². The zero-order valence-electron chi connectivity index (χ0n) is 21.0. The normalized spacial score (nSPS) is 11.6. The molecule has 3 rings (SSSR count). The van der Waals surface area contributed by atoms with E-state index in [1.807, 2.05) is 31.2 Å². The molecule has 0 aliphatic heterocycles. The molecule has 1 radical (unpaired) electrons. The zero-order chi connectivity index (χ0) is 24.8. The average Bonchev–Trinajstić information content (AvgIpc) is 2.81. The summed E-state index contributed by atoms with van der Waals surface area (Å²) < 4.78 is 26.1. The van der Waals surface area contributed by atoms with Gasteiger partial charge < -0.3 is 9.47 Å². The minimum Gasteiger partial charge on any atom is -0.481 e. The maximum atomic E-state index is 14.8. The topological polar surface area (TPSA) is 47.5 Å². The Bertz CT molecular complexity index is 1090. The van der Waals surface area contributed by atoms with Crippen LogP contribution >= 0.6 is 0 Å². The fourth-order valence-corrected chi connectivity index (χ4v) is 3.99. The number of methoxy groups -OCH3 is 1. The summed E-state index contributed by atoms with van der Waals surface area (Å²) in [4.78, 5) is 10.7. The van der Waals surface area contributed by atoms with Crippen molar-refractivity contribution in [1.82, 2.24) is 14.9 Å². The molecule has 181 valence electrons. The minimum atomic E-state index is -0.380. The van der Waals surface area contributed by atoms with Crippen molar-refractivity contribution in [2.75, 3.05) is 7.11 Å². The van der Waals surface area contributed by atoms with Crippen LogP contribution in [0.1, 0.15) is 57.2 Å². The van der Waals surface area contributed by atoms with E-state index < -0.39 is 0 Å². The van der Waals surface area contributed by atoms with Gasteiger partial charge in [-0.3, -0.25) is 4.90 Å². The van der Waals surface area contributed by atoms with Crippen LogP contribution in [0, 0.1) is 12.7 Å². The molecule has 0 aliphatic carbocycles. The van der Waals surface area contributed by atoms with E-state index in [4.69, 9.17) is 9.47 Å². The lowest BCUT2D eigenvalue weighted by molar-refractivity contribution is 0.166. The molecule has 2 aromatic heterocycles. The maximum Gasteiger partial charge on any atom is 0.213 e. The molecule has 1 atom stereocenters. The number of nitrogens with zero attached hydrogens (tertiary/aromatic N) is 3. The predicted molar refractivity (Wildman–Crippen MR) is 134 cm³/mol. The molecule has 2 heterocycles. The van der Waals surface area contributed by atoms with E-state index in [0.29, 0.717) is 42.6 Å². The van der Waals surface area contributed by atoms with Crippen LogP contribution < -0.4 is 9.47 Å². The number of benzene rings is 1. The molecule has 0 N–H and O–H groups in total. The molecule has 0 unspecified atom stereocenters. The van der Waals surface area contributed by atoms with Crippen LogP contribution in [0.2, 0.25) is 0 Å². The highest BCUT2D eigenvalue weighted by atomic mass is 19.1. The summed E-state index contributed by atoms with van der Waals surface area (Å²) in [6, 6.07) is 12.2. The molecule has 0 saturated carbocycles. The Kier molecular flexibility index (Phi) is 8.61. The molecule has 0 saturated heterocycles. The van der Waals surface area contributed by atoms with Crippen LogP contribution in [0.4, 0.5) is 4.39 Å². The summed E-state index contributed by atoms with van der Waals surface area (Å²) in [7, 11) is 1.53. The van der Waals surface area contributed by atoms with Gasteiger partial charge in [0.2, 0.25) is 11.8 Å². The number of hydrogen-bond acceptors (Lipinski definition) is 5. The van der Waals surface area contributed by atoms with Crippen LogP contribution in [-0.2, 0) is 13.2 Å². The van der Waals surface area contributed by atoms with Gasteiger partial charge in [-0.05, 0) is 68.9 Å². The first-order chi connectivity index (χ1) is 16.2. The Morgan fingerprint density at radius 1 is 0.941 bits per heavy atom. The smallest absolute Gasteiger partial charge is 0.213 e. The molecule has 0 bridgehead atoms. The summed E-state index contributed by atoms with van der Waals surface area (Å²) in [6.07, 6.45) is 2.95. The van der Waals surface area contributed by atoms with Gasteiger partial charge in [-0.25, -0.2) is 14.4 Å². The third kappa shape index (κ3) is 6.32. The number of aromatic nitrogens is 2. The number of rotatable bonds is 10. The molecular weight excluding hydrogens is 429 g/mol. The molecule has 6 heteroatoms. The SMILES string of the molecule is [CH2][C@H](C)c1ccnc(OCc2ccc(-c3cc(OC)ncc3F)c(CN(C(C)C)C(C)C)c2)c1. The lowest BCUT2D eigenvalue weighted by atomic mass is 9.96. The average molecular weight is 465 g/mol. The lowest BCUT2D eigenvalue weighted by Gasteiger charge is -2.31. The second kappa shape index (κ2) is 11.4. The van der Waals surface area contributed by atoms with Crippen molar-refractivity contribution < 1.29 is 13.9 Å². The quantitative estimate of drug-likeness (QED) is 0.346. The Morgan fingerprint density at radius 3 is 2.32 bits per heavy atom. The Hall–Kier alpha value is -2.99. The van der Waals surface area contributed by atoms with E-state index >= 15 is 0 Å². The van der Waals surface area contributed by atoms with Gasteiger partial charge in [-0.2, -0.15) is 0 Å². The van der Waals surface area contributed by atoms with Gasteiger partial charge in [0.25, 0.3) is 0 Å². The van der Waals surface area contributed by atoms with Crippen LogP contribution in [-0.4, -0.2) is 34.1 Å². The summed E-state index contributed by atoms with van der Waals surface area (Å²) in [6.45, 7) is 15.8. The van der Waals surface area contributed by atoms with E-state index in [9.17, 15) is 4.39 Å². The van der Waals surface area contributed by atoms with E-state index in [1.54, 1.807) is 12.3 Å². The molecule has 0 spiro atoms. The third-order valence-corrected chi connectivity index (χ3v) is 5.89. The number of halogens is 1. The molecule has 3 aromatic rings. The van der Waals surface area contributed by atoms with Crippen LogP contribution in [0.3, 0.4) is 0 Å². The fourth-order valence-electron chi connectivity index (χ4n) is 3.99. The second-order valence-electron chi connectivity index (χ2n) is 9.17. The van der Waals surface area contributed by atoms with Crippen molar-refractivity contribution in [3.8, 4) is 22.9 Å². The molecule has 0 aliphatic rings. The molecule has 5 nitrogen and oxygen atoms in total. The maximum absolute atomic E-state index is 14.8. The van der Waals surface area contributed by atoms with Crippen molar-refractivity contribution in [2.24, 2.45) is 0 Å². The Balaban J connectivity index is 1.96. The van der Waals surface area contributed by atoms with E-state index in [1.165, 1.54) is 13.3 Å². The summed E-state index contributed by atoms with van der Waals surface area (Å²) >= 11 is 0. The van der Waals surface area contributed by atoms with Crippen molar-refractivity contribution in [1.29, 1.82) is 0 Å². The van der Waals surface area contributed by atoms with E-state index in [0.717, 1.165) is 22.3 Å². The van der Waals surface area contributed by atoms with Crippen LogP contribution in [0.15, 0.2) is 48.8 Å². The van der Waals surface area contributed by atoms with Gasteiger partial charge in [0, 0.05) is 42.5 Å². The molecular formula is C28H35FN3O2. The van der Waals surface area contributed by atoms with Gasteiger partial charge in [0.15, 0.2) is 0 Å². The van der Waals surface area contributed by atoms with Crippen molar-refractivity contribution in [2.45, 2.75) is 65.8 Å². The van der Waals surface area contributed by atoms with Crippen molar-refractivity contribution in [3.05, 3.63) is 78.2 Å². The largest absolute Gasteiger partial charge is 0.481 e. The van der Waals surface area contributed by atoms with Crippen LogP contribution in [0.25, 0.3) is 11.1 Å². The van der Waals surface area contributed by atoms with Gasteiger partial charge in [-0.15, -0.1) is 0 Å². The molecule has 34 heavy (non-hydrogen) atoms. The summed E-state index contributed by atoms with van der Waals surface area (Å²) in [5.41, 5.74) is 4.37. The van der Waals surface area contributed by atoms with Gasteiger partial charge in [0.1, 0.15) is 12.4 Å². The van der Waals surface area contributed by atoms with Crippen molar-refractivity contribution in [3.63, 3.8) is 0 Å². The first-order valence-electron chi connectivity index (χ1n) is 11.7. The van der Waals surface area contributed by atoms with Gasteiger partial charge >= 0.3 is 0 Å². The zero-order valence-corrected chi connectivity index (χ0v) is 21.0. The Labute approximate surface area is 203 Å². The molecule has 1 aromatic carbocycles. The Morgan fingerprint density at radius 2 is 1.68 bits per heavy atom. The first-order valence-corrected chi connectivity index (χ1v) is 11.7. The van der Waals surface area contributed by atoms with Gasteiger partial charge in [0.05, 0.1) is 13.3 Å². The predicted octanol–water partition coefficient (Wildman–Crippen LogP) is 6.43. The highest BCUT2D eigenvalue weighted by Crippen LogP contribution is 2.31. The third-order valence-electron chi connectivity index (χ3n) is 5.89. The van der Waals surface area contributed by atoms with Crippen molar-refractivity contribution >= 4 is 0 Å². The highest BCUT2D eigenvalue weighted by Gasteiger charge is 2.19.